The summed E-state index contributed by atoms with van der Waals surface area (Å²) in [5.41, 5.74) is 12.6. The van der Waals surface area contributed by atoms with Crippen molar-refractivity contribution in [1.29, 1.82) is 0 Å². The molecule has 1 unspecified atom stereocenters. The van der Waals surface area contributed by atoms with Crippen LogP contribution in [-0.2, 0) is 4.79 Å². The molecular weight excluding hydrogens is 462 g/mol. The van der Waals surface area contributed by atoms with E-state index < -0.39 is 0 Å². The lowest BCUT2D eigenvalue weighted by atomic mass is 9.98. The van der Waals surface area contributed by atoms with Crippen LogP contribution in [0.25, 0.3) is 27.6 Å². The quantitative estimate of drug-likeness (QED) is 0.307. The third kappa shape index (κ3) is 4.59. The van der Waals surface area contributed by atoms with Gasteiger partial charge in [-0.1, -0.05) is 48.5 Å². The van der Waals surface area contributed by atoms with E-state index in [9.17, 15) is 4.79 Å². The Morgan fingerprint density at radius 2 is 1.68 bits per heavy atom. The van der Waals surface area contributed by atoms with Gasteiger partial charge in [0.1, 0.15) is 6.04 Å². The number of pyridine rings is 1. The Bertz CT molecular complexity index is 1550. The van der Waals surface area contributed by atoms with Crippen LogP contribution in [0.15, 0.2) is 97.2 Å². The maximum Gasteiger partial charge on any atom is 0.316 e. The number of nitrogens with zero attached hydrogens (tertiary/aromatic N) is 4. The van der Waals surface area contributed by atoms with Gasteiger partial charge in [-0.25, -0.2) is 9.97 Å². The number of benzene rings is 2. The van der Waals surface area contributed by atoms with Crippen LogP contribution in [0.5, 0.6) is 6.01 Å². The number of hydrogen-bond acceptors (Lipinski definition) is 6. The highest BCUT2D eigenvalue weighted by molar-refractivity contribution is 6.21. The van der Waals surface area contributed by atoms with Gasteiger partial charge >= 0.3 is 6.01 Å². The molecule has 2 N–H and O–H groups in total. The first kappa shape index (κ1) is 23.9. The molecule has 7 nitrogen and oxygen atoms in total. The molecule has 0 aliphatic carbocycles. The third-order valence-corrected chi connectivity index (χ3v) is 6.35. The standard InChI is InChI=1S/C30H27N5O2/c1-19(31)28(20(2)36)22-12-13-24-25(23-16-33-30(37-3)34-17-23)18-35(27(24)15-22)29(21-9-5-4-6-10-21)26-11-7-8-14-32-26/h4-18,29H,31H2,1-3H3. The molecule has 5 aromatic rings. The minimum absolute atomic E-state index is 0.0782. The number of rotatable bonds is 7. The summed E-state index contributed by atoms with van der Waals surface area (Å²) in [7, 11) is 1.54. The van der Waals surface area contributed by atoms with Gasteiger partial charge in [0.15, 0.2) is 5.78 Å². The molecule has 2 aromatic carbocycles. The van der Waals surface area contributed by atoms with Gasteiger partial charge in [-0.2, -0.15) is 0 Å². The fraction of sp³-hybridized carbons (Fsp3) is 0.133. The Kier molecular flexibility index (Phi) is 6.51. The van der Waals surface area contributed by atoms with E-state index in [0.29, 0.717) is 17.3 Å². The largest absolute Gasteiger partial charge is 0.467 e. The zero-order valence-electron chi connectivity index (χ0n) is 20.9. The highest BCUT2D eigenvalue weighted by Gasteiger charge is 2.23. The fourth-order valence-corrected chi connectivity index (χ4v) is 4.77. The normalized spacial score (nSPS) is 12.7. The van der Waals surface area contributed by atoms with Crippen LogP contribution in [-0.4, -0.2) is 32.4 Å². The smallest absolute Gasteiger partial charge is 0.316 e. The number of allylic oxidation sites excluding steroid dienone is 2. The lowest BCUT2D eigenvalue weighted by Gasteiger charge is -2.21. The summed E-state index contributed by atoms with van der Waals surface area (Å²) >= 11 is 0. The van der Waals surface area contributed by atoms with Crippen molar-refractivity contribution < 1.29 is 9.53 Å². The van der Waals surface area contributed by atoms with Crippen molar-refractivity contribution >= 4 is 22.3 Å². The van der Waals surface area contributed by atoms with E-state index in [1.165, 1.54) is 6.92 Å². The van der Waals surface area contributed by atoms with Gasteiger partial charge < -0.3 is 15.0 Å². The van der Waals surface area contributed by atoms with E-state index in [-0.39, 0.29) is 11.8 Å². The molecular formula is C30H27N5O2. The average molecular weight is 490 g/mol. The summed E-state index contributed by atoms with van der Waals surface area (Å²) in [6.45, 7) is 3.29. The van der Waals surface area contributed by atoms with Crippen molar-refractivity contribution in [3.8, 4) is 17.1 Å². The van der Waals surface area contributed by atoms with E-state index >= 15 is 0 Å². The molecule has 0 saturated carbocycles. The van der Waals surface area contributed by atoms with Crippen molar-refractivity contribution in [1.82, 2.24) is 19.5 Å². The highest BCUT2D eigenvalue weighted by atomic mass is 16.5. The number of methoxy groups -OCH3 is 1. The van der Waals surface area contributed by atoms with Crippen LogP contribution in [0.1, 0.15) is 36.7 Å². The average Bonchev–Trinajstić information content (AvgIpc) is 3.28. The van der Waals surface area contributed by atoms with Crippen LogP contribution in [0.3, 0.4) is 0 Å². The van der Waals surface area contributed by atoms with Crippen LogP contribution in [0, 0.1) is 0 Å². The van der Waals surface area contributed by atoms with Gasteiger partial charge in [-0.05, 0) is 43.2 Å². The second-order valence-corrected chi connectivity index (χ2v) is 8.82. The van der Waals surface area contributed by atoms with Crippen LogP contribution >= 0.6 is 0 Å². The van der Waals surface area contributed by atoms with Crippen LogP contribution < -0.4 is 10.5 Å². The van der Waals surface area contributed by atoms with E-state index in [1.54, 1.807) is 32.6 Å². The Labute approximate surface area is 215 Å². The Balaban J connectivity index is 1.82. The van der Waals surface area contributed by atoms with Crippen LogP contribution in [0.2, 0.25) is 0 Å². The van der Waals surface area contributed by atoms with Gasteiger partial charge in [0.05, 0.1) is 18.3 Å². The lowest BCUT2D eigenvalue weighted by molar-refractivity contribution is -0.111. The number of aromatic nitrogens is 4. The maximum absolute atomic E-state index is 12.5. The first-order valence-corrected chi connectivity index (χ1v) is 11.9. The van der Waals surface area contributed by atoms with Gasteiger partial charge in [0, 0.05) is 52.6 Å². The number of Topliss-reactive ketones (excluding diaryl/α,β-unsaturated/α-hetero) is 1. The number of fused-ring (bicyclic) bond motifs is 1. The summed E-state index contributed by atoms with van der Waals surface area (Å²) in [6, 6.07) is 22.2. The van der Waals surface area contributed by atoms with Gasteiger partial charge in [-0.3, -0.25) is 9.78 Å². The number of carbonyl (C=O) groups excluding carboxylic acids is 1. The Morgan fingerprint density at radius 1 is 0.946 bits per heavy atom. The third-order valence-electron chi connectivity index (χ3n) is 6.35. The number of ether oxygens (including phenoxy) is 1. The fourth-order valence-electron chi connectivity index (χ4n) is 4.77. The Hall–Kier alpha value is -4.78. The van der Waals surface area contributed by atoms with Crippen molar-refractivity contribution in [2.45, 2.75) is 19.9 Å². The second-order valence-electron chi connectivity index (χ2n) is 8.82. The lowest BCUT2D eigenvalue weighted by Crippen LogP contribution is -2.13. The Morgan fingerprint density at radius 3 is 2.30 bits per heavy atom. The van der Waals surface area contributed by atoms with Crippen molar-refractivity contribution in [2.75, 3.05) is 7.11 Å². The minimum Gasteiger partial charge on any atom is -0.467 e. The predicted octanol–water partition coefficient (Wildman–Crippen LogP) is 5.42. The molecule has 7 heteroatoms. The van der Waals surface area contributed by atoms with E-state index in [4.69, 9.17) is 15.5 Å². The topological polar surface area (TPSA) is 95.9 Å². The first-order valence-electron chi connectivity index (χ1n) is 11.9. The number of carbonyl (C=O) groups is 1. The molecule has 3 aromatic heterocycles. The van der Waals surface area contributed by atoms with Crippen molar-refractivity contribution in [2.24, 2.45) is 5.73 Å². The zero-order valence-corrected chi connectivity index (χ0v) is 20.9. The minimum atomic E-state index is -0.211. The molecule has 0 radical (unpaired) electrons. The predicted molar refractivity (Wildman–Crippen MR) is 145 cm³/mol. The SMILES string of the molecule is COc1ncc(-c2cn(C(c3ccccc3)c3ccccn3)c3cc(C(C(C)=O)=C(C)N)ccc23)cn1. The number of hydrogen-bond donors (Lipinski definition) is 1. The molecule has 37 heavy (non-hydrogen) atoms. The van der Waals surface area contributed by atoms with Gasteiger partial charge in [0.25, 0.3) is 0 Å². The molecule has 0 bridgehead atoms. The first-order chi connectivity index (χ1) is 18.0. The monoisotopic (exact) mass is 489 g/mol. The zero-order chi connectivity index (χ0) is 25.9. The number of ketones is 1. The van der Waals surface area contributed by atoms with E-state index in [2.05, 4.69) is 32.9 Å². The van der Waals surface area contributed by atoms with E-state index in [1.807, 2.05) is 54.6 Å². The molecule has 0 amide bonds. The van der Waals surface area contributed by atoms with Crippen LogP contribution in [0.4, 0.5) is 0 Å². The number of nitrogens with two attached hydrogens (primary N) is 1. The molecule has 0 fully saturated rings. The molecule has 1 atom stereocenters. The van der Waals surface area contributed by atoms with Crippen molar-refractivity contribution in [3.05, 3.63) is 114 Å². The molecule has 3 heterocycles. The molecule has 0 saturated heterocycles. The highest BCUT2D eigenvalue weighted by Crippen LogP contribution is 2.37. The summed E-state index contributed by atoms with van der Waals surface area (Å²) in [6.07, 6.45) is 7.40. The summed E-state index contributed by atoms with van der Waals surface area (Å²) in [5.74, 6) is -0.0782. The molecule has 0 aliphatic heterocycles. The van der Waals surface area contributed by atoms with Gasteiger partial charge in [0.2, 0.25) is 0 Å². The maximum atomic E-state index is 12.5. The van der Waals surface area contributed by atoms with Crippen molar-refractivity contribution in [3.63, 3.8) is 0 Å². The second kappa shape index (κ2) is 10.1. The molecule has 184 valence electrons. The van der Waals surface area contributed by atoms with Gasteiger partial charge in [-0.15, -0.1) is 0 Å². The van der Waals surface area contributed by atoms with E-state index in [0.717, 1.165) is 38.9 Å². The molecule has 0 spiro atoms. The molecule has 5 rings (SSSR count). The summed E-state index contributed by atoms with van der Waals surface area (Å²) < 4.78 is 7.35. The summed E-state index contributed by atoms with van der Waals surface area (Å²) in [5, 5.41) is 0.993. The molecule has 0 aliphatic rings. The summed E-state index contributed by atoms with van der Waals surface area (Å²) in [4.78, 5) is 25.8.